The Morgan fingerprint density at radius 3 is 2.09 bits per heavy atom. The number of primary amides is 1. The van der Waals surface area contributed by atoms with Gasteiger partial charge in [0.2, 0.25) is 5.91 Å². The van der Waals surface area contributed by atoms with Gasteiger partial charge in [-0.3, -0.25) is 4.79 Å². The van der Waals surface area contributed by atoms with Crippen molar-refractivity contribution in [1.82, 2.24) is 0 Å². The molecule has 2 N–H and O–H groups in total. The third-order valence-electron chi connectivity index (χ3n) is 3.78. The highest BCUT2D eigenvalue weighted by molar-refractivity contribution is 7.90. The van der Waals surface area contributed by atoms with Crippen molar-refractivity contribution in [3.8, 4) is 11.1 Å². The van der Waals surface area contributed by atoms with E-state index in [0.29, 0.717) is 5.56 Å². The molecule has 1 amide bonds. The Balaban J connectivity index is 2.21. The largest absolute Gasteiger partial charge is 0.366 e. The van der Waals surface area contributed by atoms with Crippen LogP contribution >= 0.6 is 0 Å². The maximum Gasteiger partial charge on any atom is 0.249 e. The number of nitrogens with two attached hydrogens (primary N) is 1. The van der Waals surface area contributed by atoms with Crippen molar-refractivity contribution in [2.45, 2.75) is 4.90 Å². The van der Waals surface area contributed by atoms with Crippen LogP contribution in [0.1, 0.15) is 10.4 Å². The second kappa shape index (κ2) is 5.52. The van der Waals surface area contributed by atoms with E-state index in [2.05, 4.69) is 0 Å². The minimum atomic E-state index is -3.22. The van der Waals surface area contributed by atoms with Crippen molar-refractivity contribution in [3.05, 3.63) is 66.2 Å². The van der Waals surface area contributed by atoms with Gasteiger partial charge in [-0.25, -0.2) is 8.42 Å². The SMILES string of the molecule is CS(=O)(=O)c1ccc(-c2cccc3c(C(N)=O)cccc23)cc1. The lowest BCUT2D eigenvalue weighted by molar-refractivity contribution is 0.100. The predicted octanol–water partition coefficient (Wildman–Crippen LogP) is 3.01. The maximum atomic E-state index is 11.6. The quantitative estimate of drug-likeness (QED) is 0.804. The fourth-order valence-electron chi connectivity index (χ4n) is 2.66. The Hall–Kier alpha value is -2.66. The van der Waals surface area contributed by atoms with Gasteiger partial charge < -0.3 is 5.73 Å². The van der Waals surface area contributed by atoms with E-state index in [1.54, 1.807) is 36.4 Å². The van der Waals surface area contributed by atoms with E-state index in [0.717, 1.165) is 21.9 Å². The smallest absolute Gasteiger partial charge is 0.249 e. The summed E-state index contributed by atoms with van der Waals surface area (Å²) in [6, 6.07) is 17.7. The number of benzene rings is 3. The molecule has 3 aromatic rings. The van der Waals surface area contributed by atoms with Crippen molar-refractivity contribution in [1.29, 1.82) is 0 Å². The third kappa shape index (κ3) is 2.83. The van der Waals surface area contributed by atoms with E-state index in [1.807, 2.05) is 24.3 Å². The summed E-state index contributed by atoms with van der Waals surface area (Å²) in [5.74, 6) is -0.472. The summed E-state index contributed by atoms with van der Waals surface area (Å²) >= 11 is 0. The minimum absolute atomic E-state index is 0.277. The topological polar surface area (TPSA) is 77.2 Å². The first kappa shape index (κ1) is 15.2. The first-order chi connectivity index (χ1) is 10.9. The third-order valence-corrected chi connectivity index (χ3v) is 4.91. The fourth-order valence-corrected chi connectivity index (χ4v) is 3.29. The molecular formula is C18H15NO3S. The van der Waals surface area contributed by atoms with E-state index in [4.69, 9.17) is 5.73 Å². The molecule has 0 aliphatic rings. The number of rotatable bonds is 3. The zero-order valence-electron chi connectivity index (χ0n) is 12.5. The molecule has 0 unspecified atom stereocenters. The monoisotopic (exact) mass is 325 g/mol. The van der Waals surface area contributed by atoms with Crippen molar-refractivity contribution in [2.75, 3.05) is 6.26 Å². The molecule has 4 nitrogen and oxygen atoms in total. The molecule has 0 saturated carbocycles. The number of hydrogen-bond donors (Lipinski definition) is 1. The summed E-state index contributed by atoms with van der Waals surface area (Å²) in [5.41, 5.74) is 7.70. The molecule has 116 valence electrons. The highest BCUT2D eigenvalue weighted by Gasteiger charge is 2.11. The van der Waals surface area contributed by atoms with Gasteiger partial charge >= 0.3 is 0 Å². The molecular weight excluding hydrogens is 310 g/mol. The van der Waals surface area contributed by atoms with Crippen molar-refractivity contribution >= 4 is 26.5 Å². The Kier molecular flexibility index (Phi) is 3.66. The molecule has 0 bridgehead atoms. The van der Waals surface area contributed by atoms with Gasteiger partial charge in [-0.05, 0) is 40.1 Å². The van der Waals surface area contributed by atoms with Crippen molar-refractivity contribution in [3.63, 3.8) is 0 Å². The van der Waals surface area contributed by atoms with Crippen LogP contribution < -0.4 is 5.73 Å². The van der Waals surface area contributed by atoms with Gasteiger partial charge in [-0.2, -0.15) is 0 Å². The summed E-state index contributed by atoms with van der Waals surface area (Å²) in [5, 5.41) is 1.68. The van der Waals surface area contributed by atoms with Crippen LogP contribution in [0.5, 0.6) is 0 Å². The lowest BCUT2D eigenvalue weighted by Gasteiger charge is -2.10. The molecule has 3 aromatic carbocycles. The molecule has 0 atom stereocenters. The summed E-state index contributed by atoms with van der Waals surface area (Å²) in [7, 11) is -3.22. The standard InChI is InChI=1S/C18H15NO3S/c1-23(21,22)13-10-8-12(9-11-13)14-4-2-6-16-15(14)5-3-7-17(16)18(19)20/h2-11H,1H3,(H2,19,20). The summed E-state index contributed by atoms with van der Waals surface area (Å²) < 4.78 is 23.1. The van der Waals surface area contributed by atoms with Crippen LogP contribution in [0, 0.1) is 0 Å². The molecule has 0 aromatic heterocycles. The Labute approximate surface area is 134 Å². The maximum absolute atomic E-state index is 11.6. The van der Waals surface area contributed by atoms with Crippen LogP contribution in [0.25, 0.3) is 21.9 Å². The van der Waals surface area contributed by atoms with Crippen LogP contribution in [0.4, 0.5) is 0 Å². The van der Waals surface area contributed by atoms with Crippen molar-refractivity contribution in [2.24, 2.45) is 5.73 Å². The lowest BCUT2D eigenvalue weighted by atomic mass is 9.95. The molecule has 0 heterocycles. The van der Waals surface area contributed by atoms with Gasteiger partial charge in [-0.1, -0.05) is 42.5 Å². The number of carbonyl (C=O) groups excluding carboxylic acids is 1. The molecule has 0 aliphatic carbocycles. The second-order valence-electron chi connectivity index (χ2n) is 5.37. The summed E-state index contributed by atoms with van der Waals surface area (Å²) in [6.45, 7) is 0. The Morgan fingerprint density at radius 2 is 1.48 bits per heavy atom. The van der Waals surface area contributed by atoms with Gasteiger partial charge in [0, 0.05) is 11.8 Å². The Morgan fingerprint density at radius 1 is 0.870 bits per heavy atom. The van der Waals surface area contributed by atoms with E-state index >= 15 is 0 Å². The number of carbonyl (C=O) groups is 1. The summed E-state index contributed by atoms with van der Waals surface area (Å²) in [6.07, 6.45) is 1.18. The highest BCUT2D eigenvalue weighted by Crippen LogP contribution is 2.30. The number of amides is 1. The molecule has 0 saturated heterocycles. The van der Waals surface area contributed by atoms with E-state index in [-0.39, 0.29) is 4.90 Å². The van der Waals surface area contributed by atoms with Gasteiger partial charge in [0.25, 0.3) is 0 Å². The lowest BCUT2D eigenvalue weighted by Crippen LogP contribution is -2.11. The number of sulfone groups is 1. The van der Waals surface area contributed by atoms with Gasteiger partial charge in [0.1, 0.15) is 0 Å². The van der Waals surface area contributed by atoms with Gasteiger partial charge in [0.05, 0.1) is 4.90 Å². The highest BCUT2D eigenvalue weighted by atomic mass is 32.2. The average Bonchev–Trinajstić information content (AvgIpc) is 2.53. The molecule has 5 heteroatoms. The predicted molar refractivity (Wildman–Crippen MR) is 91.0 cm³/mol. The molecule has 23 heavy (non-hydrogen) atoms. The van der Waals surface area contributed by atoms with Gasteiger partial charge in [-0.15, -0.1) is 0 Å². The molecule has 0 radical (unpaired) electrons. The van der Waals surface area contributed by atoms with Crippen LogP contribution in [-0.2, 0) is 9.84 Å². The zero-order chi connectivity index (χ0) is 16.6. The number of fused-ring (bicyclic) bond motifs is 1. The molecule has 3 rings (SSSR count). The van der Waals surface area contributed by atoms with Crippen LogP contribution in [0.2, 0.25) is 0 Å². The van der Waals surface area contributed by atoms with Crippen molar-refractivity contribution < 1.29 is 13.2 Å². The zero-order valence-corrected chi connectivity index (χ0v) is 13.3. The average molecular weight is 325 g/mol. The fraction of sp³-hybridized carbons (Fsp3) is 0.0556. The first-order valence-corrected chi connectivity index (χ1v) is 8.89. The van der Waals surface area contributed by atoms with Gasteiger partial charge in [0.15, 0.2) is 9.84 Å². The van der Waals surface area contributed by atoms with Crippen LogP contribution in [0.15, 0.2) is 65.6 Å². The normalized spacial score (nSPS) is 11.5. The number of hydrogen-bond acceptors (Lipinski definition) is 3. The van der Waals surface area contributed by atoms with E-state index in [1.165, 1.54) is 6.26 Å². The summed E-state index contributed by atoms with van der Waals surface area (Å²) in [4.78, 5) is 11.9. The second-order valence-corrected chi connectivity index (χ2v) is 7.38. The van der Waals surface area contributed by atoms with E-state index < -0.39 is 15.7 Å². The van der Waals surface area contributed by atoms with E-state index in [9.17, 15) is 13.2 Å². The molecule has 0 fully saturated rings. The first-order valence-electron chi connectivity index (χ1n) is 7.00. The minimum Gasteiger partial charge on any atom is -0.366 e. The van der Waals surface area contributed by atoms with Crippen LogP contribution in [-0.4, -0.2) is 20.6 Å². The molecule has 0 aliphatic heterocycles. The molecule has 0 spiro atoms. The van der Waals surface area contributed by atoms with Crippen LogP contribution in [0.3, 0.4) is 0 Å². The Bertz CT molecular complexity index is 1010.